The Labute approximate surface area is 279 Å². The zero-order valence-corrected chi connectivity index (χ0v) is 27.7. The summed E-state index contributed by atoms with van der Waals surface area (Å²) in [5.41, 5.74) is 1.82. The average Bonchev–Trinajstić information content (AvgIpc) is 3.86. The first-order valence-electron chi connectivity index (χ1n) is 19.5. The van der Waals surface area contributed by atoms with Gasteiger partial charge in [-0.15, -0.1) is 0 Å². The van der Waals surface area contributed by atoms with E-state index in [-0.39, 0.29) is 28.8 Å². The monoisotopic (exact) mass is 627 g/mol. The summed E-state index contributed by atoms with van der Waals surface area (Å²) in [6, 6.07) is 2.16. The number of aromatic nitrogens is 2. The third-order valence-corrected chi connectivity index (χ3v) is 12.9. The molecule has 0 aromatic carbocycles. The molecule has 1 aromatic rings. The summed E-state index contributed by atoms with van der Waals surface area (Å²) >= 11 is 0. The van der Waals surface area contributed by atoms with Crippen molar-refractivity contribution >= 4 is 29.2 Å². The molecule has 7 aliphatic rings. The standard InChI is InChI=1S/C38H52N6O2/c1-26-22-31-29-9-8-27-23-28(45)10-12-37(27,2)30(29)11-13-38(31,3)35(26)32(46)25-41-18-20-43(21-19-41)34-24-33(42-14-4-5-15-42)39-36(40-34)44-16-6-7-17-44/h10-12,23-24,26,29,31,35H,4-9,13-22,25H2,1-3H3/t26-,29-,31+,35-,37+,38+/m1/s1/i1D3,39+0,40+0. The Kier molecular flexibility index (Phi) is 6.81. The maximum Gasteiger partial charge on any atom is 0.229 e. The van der Waals surface area contributed by atoms with Crippen molar-refractivity contribution in [2.45, 2.75) is 72.1 Å². The predicted molar refractivity (Wildman–Crippen MR) is 183 cm³/mol. The maximum absolute atomic E-state index is 14.4. The molecule has 0 bridgehead atoms. The Hall–Kier alpha value is -3.00. The number of rotatable bonds is 6. The van der Waals surface area contributed by atoms with Gasteiger partial charge in [-0.3, -0.25) is 14.5 Å². The van der Waals surface area contributed by atoms with Crippen molar-refractivity contribution in [3.63, 3.8) is 0 Å². The lowest BCUT2D eigenvalue weighted by Gasteiger charge is -2.52. The molecule has 0 N–H and O–H groups in total. The zero-order valence-electron chi connectivity index (χ0n) is 30.7. The molecule has 4 aliphatic carbocycles. The van der Waals surface area contributed by atoms with E-state index in [2.05, 4.69) is 51.7 Å². The van der Waals surface area contributed by atoms with Crippen LogP contribution in [-0.2, 0) is 9.59 Å². The fourth-order valence-electron chi connectivity index (χ4n) is 10.4. The van der Waals surface area contributed by atoms with E-state index in [1.807, 2.05) is 0 Å². The third-order valence-electron chi connectivity index (χ3n) is 12.9. The molecule has 2 saturated carbocycles. The van der Waals surface area contributed by atoms with E-state index in [1.165, 1.54) is 36.8 Å². The minimum atomic E-state index is -2.19. The van der Waals surface area contributed by atoms with Gasteiger partial charge in [-0.2, -0.15) is 9.97 Å². The van der Waals surface area contributed by atoms with Gasteiger partial charge in [0.05, 0.1) is 6.54 Å². The zero-order chi connectivity index (χ0) is 34.1. The first-order valence-corrected chi connectivity index (χ1v) is 18.0. The molecule has 4 heterocycles. The Morgan fingerprint density at radius 1 is 0.957 bits per heavy atom. The summed E-state index contributed by atoms with van der Waals surface area (Å²) in [4.78, 5) is 46.0. The van der Waals surface area contributed by atoms with Gasteiger partial charge in [0.25, 0.3) is 0 Å². The van der Waals surface area contributed by atoms with Gasteiger partial charge in [0.15, 0.2) is 11.6 Å². The molecule has 3 aliphatic heterocycles. The summed E-state index contributed by atoms with van der Waals surface area (Å²) in [5.74, 6) is 2.22. The molecule has 46 heavy (non-hydrogen) atoms. The number of carbonyl (C=O) groups is 2. The van der Waals surface area contributed by atoms with Crippen LogP contribution in [0.1, 0.15) is 76.2 Å². The van der Waals surface area contributed by atoms with Crippen LogP contribution in [0.25, 0.3) is 0 Å². The Balaban J connectivity index is 0.987. The van der Waals surface area contributed by atoms with Crippen LogP contribution in [0.4, 0.5) is 17.6 Å². The summed E-state index contributed by atoms with van der Waals surface area (Å²) < 4.78 is 25.8. The highest BCUT2D eigenvalue weighted by Gasteiger charge is 2.59. The molecule has 1 aromatic heterocycles. The van der Waals surface area contributed by atoms with Crippen LogP contribution in [-0.4, -0.2) is 85.3 Å². The molecule has 0 spiro atoms. The number of piperazine rings is 1. The quantitative estimate of drug-likeness (QED) is 0.386. The average molecular weight is 628 g/mol. The van der Waals surface area contributed by atoms with E-state index in [9.17, 15) is 9.59 Å². The molecule has 0 amide bonds. The van der Waals surface area contributed by atoms with Gasteiger partial charge in [-0.1, -0.05) is 37.1 Å². The highest BCUT2D eigenvalue weighted by atomic mass is 16.1. The summed E-state index contributed by atoms with van der Waals surface area (Å²) in [7, 11) is 0. The van der Waals surface area contributed by atoms with Crippen molar-refractivity contribution in [2.75, 3.05) is 73.6 Å². The number of carbonyl (C=O) groups excluding carboxylic acids is 2. The first-order chi connectivity index (χ1) is 23.4. The van der Waals surface area contributed by atoms with Gasteiger partial charge >= 0.3 is 0 Å². The van der Waals surface area contributed by atoms with Gasteiger partial charge in [-0.05, 0) is 93.6 Å². The second-order valence-corrected chi connectivity index (χ2v) is 15.6. The number of anilines is 3. The first kappa shape index (κ1) is 27.0. The normalized spacial score (nSPS) is 37.2. The summed E-state index contributed by atoms with van der Waals surface area (Å²) in [6.45, 7) is 9.64. The predicted octanol–water partition coefficient (Wildman–Crippen LogP) is 5.46. The van der Waals surface area contributed by atoms with E-state index in [1.54, 1.807) is 12.2 Å². The third kappa shape index (κ3) is 5.05. The highest BCUT2D eigenvalue weighted by Crippen LogP contribution is 2.65. The topological polar surface area (TPSA) is 72.9 Å². The van der Waals surface area contributed by atoms with Crippen molar-refractivity contribution in [3.05, 3.63) is 41.5 Å². The minimum Gasteiger partial charge on any atom is -0.356 e. The van der Waals surface area contributed by atoms with E-state index in [0.717, 1.165) is 82.8 Å². The van der Waals surface area contributed by atoms with Crippen LogP contribution in [0.15, 0.2) is 41.5 Å². The molecule has 0 radical (unpaired) electrons. The molecule has 246 valence electrons. The Morgan fingerprint density at radius 3 is 2.33 bits per heavy atom. The van der Waals surface area contributed by atoms with Crippen LogP contribution in [0, 0.1) is 34.5 Å². The van der Waals surface area contributed by atoms with Gasteiger partial charge in [0.1, 0.15) is 11.6 Å². The van der Waals surface area contributed by atoms with Gasteiger partial charge in [0.2, 0.25) is 5.95 Å². The lowest BCUT2D eigenvalue weighted by molar-refractivity contribution is -0.129. The summed E-state index contributed by atoms with van der Waals surface area (Å²) in [5, 5.41) is 0. The van der Waals surface area contributed by atoms with E-state index >= 15 is 0 Å². The molecule has 5 fully saturated rings. The highest BCUT2D eigenvalue weighted by molar-refractivity contribution is 6.01. The number of fused-ring (bicyclic) bond motifs is 5. The van der Waals surface area contributed by atoms with Gasteiger partial charge < -0.3 is 14.7 Å². The van der Waals surface area contributed by atoms with Gasteiger partial charge in [0, 0.05) is 73.9 Å². The van der Waals surface area contributed by atoms with E-state index in [0.29, 0.717) is 19.4 Å². The van der Waals surface area contributed by atoms with Crippen molar-refractivity contribution in [2.24, 2.45) is 34.5 Å². The van der Waals surface area contributed by atoms with Gasteiger partial charge in [-0.25, -0.2) is 0 Å². The van der Waals surface area contributed by atoms with E-state index in [4.69, 9.17) is 14.1 Å². The van der Waals surface area contributed by atoms with Crippen molar-refractivity contribution in [3.8, 4) is 0 Å². The number of ketones is 2. The number of nitrogens with zero attached hydrogens (tertiary/aromatic N) is 6. The largest absolute Gasteiger partial charge is 0.356 e. The molecule has 8 nitrogen and oxygen atoms in total. The van der Waals surface area contributed by atoms with Crippen LogP contribution in [0.5, 0.6) is 0 Å². The Morgan fingerprint density at radius 2 is 1.63 bits per heavy atom. The van der Waals surface area contributed by atoms with Crippen LogP contribution in [0.2, 0.25) is 0 Å². The van der Waals surface area contributed by atoms with Crippen LogP contribution in [0.3, 0.4) is 0 Å². The van der Waals surface area contributed by atoms with Crippen molar-refractivity contribution in [1.82, 2.24) is 14.9 Å². The fourth-order valence-corrected chi connectivity index (χ4v) is 10.4. The molecule has 3 saturated heterocycles. The SMILES string of the molecule is [2H]C([2H])([2H])[C@@H]1C[C@H]2[C@@H]3CCC4=CC(=O)C=C[C@]4(C)C3=CC[C@]2(C)[C@H]1C(=O)CN1CCN(c2cc(N3CCCC3)[14n]c(N3CCCC3)[14n]2)CC1. The molecule has 0 unspecified atom stereocenters. The van der Waals surface area contributed by atoms with E-state index < -0.39 is 24.1 Å². The molecular formula is C38H52N6O2. The Bertz CT molecular complexity index is 1550. The van der Waals surface area contributed by atoms with Crippen LogP contribution < -0.4 is 14.7 Å². The second-order valence-electron chi connectivity index (χ2n) is 15.6. The summed E-state index contributed by atoms with van der Waals surface area (Å²) in [6.07, 6.45) is 15.7. The number of hydrogen-bond acceptors (Lipinski definition) is 8. The van der Waals surface area contributed by atoms with Crippen LogP contribution >= 0.6 is 0 Å². The van der Waals surface area contributed by atoms with Crippen molar-refractivity contribution in [1.29, 1.82) is 0 Å². The number of allylic oxidation sites excluding steroid dienone is 6. The number of hydrogen-bond donors (Lipinski definition) is 0. The molecule has 6 atom stereocenters. The number of Topliss-reactive ketones (excluding diaryl/α,β-unsaturated/α-hetero) is 1. The smallest absolute Gasteiger partial charge is 0.229 e. The minimum absolute atomic E-state index is 0.0534. The fraction of sp³-hybridized carbons (Fsp3) is 0.684. The lowest BCUT2D eigenvalue weighted by Crippen LogP contribution is -2.51. The molecule has 8 heteroatoms. The second kappa shape index (κ2) is 11.6. The van der Waals surface area contributed by atoms with Crippen molar-refractivity contribution < 1.29 is 13.7 Å². The molecule has 8 rings (SSSR count). The lowest BCUT2D eigenvalue weighted by atomic mass is 9.52. The molecular weight excluding hydrogens is 572 g/mol. The maximum atomic E-state index is 14.4.